The molecule has 0 N–H and O–H groups in total. The summed E-state index contributed by atoms with van der Waals surface area (Å²) in [6.45, 7) is 7.92. The second kappa shape index (κ2) is 5.85. The van der Waals surface area contributed by atoms with Crippen molar-refractivity contribution in [2.45, 2.75) is 46.0 Å². The van der Waals surface area contributed by atoms with Gasteiger partial charge in [0.15, 0.2) is 5.78 Å². The number of aryl methyl sites for hydroxylation is 1. The van der Waals surface area contributed by atoms with Crippen LogP contribution in [0.1, 0.15) is 45.2 Å². The molecule has 18 heavy (non-hydrogen) atoms. The Morgan fingerprint density at radius 2 is 1.78 bits per heavy atom. The lowest BCUT2D eigenvalue weighted by Crippen LogP contribution is -2.11. The molecule has 1 aromatic rings. The van der Waals surface area contributed by atoms with E-state index < -0.39 is 0 Å². The van der Waals surface area contributed by atoms with E-state index in [-0.39, 0.29) is 17.0 Å². The molecule has 0 spiro atoms. The Morgan fingerprint density at radius 1 is 1.22 bits per heavy atom. The van der Waals surface area contributed by atoms with Crippen LogP contribution in [0.25, 0.3) is 0 Å². The molecule has 0 saturated heterocycles. The largest absolute Gasteiger partial charge is 0.875 e. The van der Waals surface area contributed by atoms with Gasteiger partial charge in [-0.15, -0.1) is 5.76 Å². The third-order valence-corrected chi connectivity index (χ3v) is 2.84. The maximum atomic E-state index is 11.4. The molecule has 0 heterocycles. The van der Waals surface area contributed by atoms with Gasteiger partial charge < -0.3 is 5.11 Å². The van der Waals surface area contributed by atoms with Gasteiger partial charge in [-0.1, -0.05) is 45.0 Å². The van der Waals surface area contributed by atoms with Crippen LogP contribution in [0.4, 0.5) is 0 Å². The molecule has 2 heteroatoms. The van der Waals surface area contributed by atoms with Crippen LogP contribution in [0, 0.1) is 0 Å². The quantitative estimate of drug-likeness (QED) is 0.604. The molecule has 0 aliphatic carbocycles. The fourth-order valence-corrected chi connectivity index (χ4v) is 1.74. The molecule has 0 aliphatic heterocycles. The average Bonchev–Trinajstić information content (AvgIpc) is 2.25. The van der Waals surface area contributed by atoms with Gasteiger partial charge in [0, 0.05) is 0 Å². The zero-order valence-corrected chi connectivity index (χ0v) is 11.6. The van der Waals surface area contributed by atoms with E-state index >= 15 is 0 Å². The standard InChI is InChI=1S/C16H22O2/c1-12(17)11-15(18)10-7-13-5-8-14(9-6-13)16(2,3)4/h5-6,8-9,11,18H,7,10H2,1-4H3/p-1/b15-11-. The summed E-state index contributed by atoms with van der Waals surface area (Å²) < 4.78 is 0. The molecule has 0 atom stereocenters. The summed E-state index contributed by atoms with van der Waals surface area (Å²) in [5, 5.41) is 11.4. The predicted molar refractivity (Wildman–Crippen MR) is 72.2 cm³/mol. The Kier molecular flexibility index (Phi) is 4.71. The summed E-state index contributed by atoms with van der Waals surface area (Å²) in [5.41, 5.74) is 2.57. The minimum absolute atomic E-state index is 0.0950. The van der Waals surface area contributed by atoms with Crippen LogP contribution < -0.4 is 5.11 Å². The fraction of sp³-hybridized carbons (Fsp3) is 0.438. The lowest BCUT2D eigenvalue weighted by Gasteiger charge is -2.19. The SMILES string of the molecule is CC(=O)/C=C(\[O-])CCc1ccc(C(C)(C)C)cc1. The van der Waals surface area contributed by atoms with E-state index in [9.17, 15) is 9.90 Å². The predicted octanol–water partition coefficient (Wildman–Crippen LogP) is 2.75. The normalized spacial score (nSPS) is 12.6. The smallest absolute Gasteiger partial charge is 0.151 e. The topological polar surface area (TPSA) is 40.1 Å². The second-order valence-electron chi connectivity index (χ2n) is 5.67. The summed E-state index contributed by atoms with van der Waals surface area (Å²) in [7, 11) is 0. The Bertz CT molecular complexity index is 433. The van der Waals surface area contributed by atoms with Crippen LogP contribution in [-0.2, 0) is 16.6 Å². The molecule has 0 saturated carbocycles. The zero-order valence-electron chi connectivity index (χ0n) is 11.6. The third-order valence-electron chi connectivity index (χ3n) is 2.84. The van der Waals surface area contributed by atoms with Gasteiger partial charge >= 0.3 is 0 Å². The van der Waals surface area contributed by atoms with Crippen LogP contribution >= 0.6 is 0 Å². The van der Waals surface area contributed by atoms with Gasteiger partial charge in [0.2, 0.25) is 0 Å². The summed E-state index contributed by atoms with van der Waals surface area (Å²) in [6, 6.07) is 8.33. The minimum Gasteiger partial charge on any atom is -0.875 e. The molecule has 0 bridgehead atoms. The van der Waals surface area contributed by atoms with Gasteiger partial charge in [-0.3, -0.25) is 4.79 Å². The first kappa shape index (κ1) is 14.5. The van der Waals surface area contributed by atoms with E-state index in [4.69, 9.17) is 0 Å². The number of allylic oxidation sites excluding steroid dienone is 2. The van der Waals surface area contributed by atoms with Crippen molar-refractivity contribution in [2.75, 3.05) is 0 Å². The molecule has 0 aromatic heterocycles. The molecule has 0 unspecified atom stereocenters. The van der Waals surface area contributed by atoms with E-state index in [2.05, 4.69) is 45.0 Å². The lowest BCUT2D eigenvalue weighted by atomic mass is 9.86. The van der Waals surface area contributed by atoms with Crippen LogP contribution in [-0.4, -0.2) is 5.78 Å². The second-order valence-corrected chi connectivity index (χ2v) is 5.67. The summed E-state index contributed by atoms with van der Waals surface area (Å²) in [4.78, 5) is 10.7. The molecule has 0 amide bonds. The number of hydrogen-bond donors (Lipinski definition) is 0. The van der Waals surface area contributed by atoms with E-state index in [1.54, 1.807) is 0 Å². The number of carbonyl (C=O) groups excluding carboxylic acids is 1. The Labute approximate surface area is 109 Å². The maximum Gasteiger partial charge on any atom is 0.151 e. The van der Waals surface area contributed by atoms with Crippen molar-refractivity contribution in [3.8, 4) is 0 Å². The summed E-state index contributed by atoms with van der Waals surface area (Å²) >= 11 is 0. The van der Waals surface area contributed by atoms with Crippen molar-refractivity contribution >= 4 is 5.78 Å². The summed E-state index contributed by atoms with van der Waals surface area (Å²) in [5.74, 6) is -0.273. The van der Waals surface area contributed by atoms with Crippen LogP contribution in [0.15, 0.2) is 36.1 Å². The van der Waals surface area contributed by atoms with Gasteiger partial charge in [0.25, 0.3) is 0 Å². The molecular formula is C16H21O2-. The Morgan fingerprint density at radius 3 is 2.22 bits per heavy atom. The van der Waals surface area contributed by atoms with Crippen LogP contribution in [0.5, 0.6) is 0 Å². The van der Waals surface area contributed by atoms with Crippen molar-refractivity contribution in [3.05, 3.63) is 47.2 Å². The Hall–Kier alpha value is -1.57. The average molecular weight is 245 g/mol. The van der Waals surface area contributed by atoms with Gasteiger partial charge in [0.1, 0.15) is 0 Å². The number of rotatable bonds is 4. The lowest BCUT2D eigenvalue weighted by molar-refractivity contribution is -0.306. The number of hydrogen-bond acceptors (Lipinski definition) is 2. The maximum absolute atomic E-state index is 11.4. The van der Waals surface area contributed by atoms with Gasteiger partial charge in [-0.25, -0.2) is 0 Å². The van der Waals surface area contributed by atoms with E-state index in [1.807, 2.05) is 0 Å². The fourth-order valence-electron chi connectivity index (χ4n) is 1.74. The molecule has 0 aliphatic rings. The molecule has 2 nitrogen and oxygen atoms in total. The Balaban J connectivity index is 2.63. The molecular weight excluding hydrogens is 224 g/mol. The monoisotopic (exact) mass is 245 g/mol. The highest BCUT2D eigenvalue weighted by Crippen LogP contribution is 2.22. The number of carbonyl (C=O) groups is 1. The van der Waals surface area contributed by atoms with E-state index in [1.165, 1.54) is 18.6 Å². The first-order valence-corrected chi connectivity index (χ1v) is 6.26. The highest BCUT2D eigenvalue weighted by atomic mass is 16.3. The minimum atomic E-state index is -0.178. The molecule has 1 rings (SSSR count). The van der Waals surface area contributed by atoms with Gasteiger partial charge in [0.05, 0.1) is 0 Å². The van der Waals surface area contributed by atoms with Crippen molar-refractivity contribution in [1.82, 2.24) is 0 Å². The van der Waals surface area contributed by atoms with E-state index in [0.29, 0.717) is 12.8 Å². The molecule has 98 valence electrons. The van der Waals surface area contributed by atoms with Crippen molar-refractivity contribution in [1.29, 1.82) is 0 Å². The van der Waals surface area contributed by atoms with Crippen LogP contribution in [0.3, 0.4) is 0 Å². The highest BCUT2D eigenvalue weighted by Gasteiger charge is 2.12. The van der Waals surface area contributed by atoms with Gasteiger partial charge in [-0.2, -0.15) is 0 Å². The number of benzene rings is 1. The molecule has 0 fully saturated rings. The molecule has 1 aromatic carbocycles. The zero-order chi connectivity index (χ0) is 13.8. The summed E-state index contributed by atoms with van der Waals surface area (Å²) in [6.07, 6.45) is 2.25. The number of ketones is 1. The first-order valence-electron chi connectivity index (χ1n) is 6.26. The van der Waals surface area contributed by atoms with Crippen molar-refractivity contribution in [3.63, 3.8) is 0 Å². The van der Waals surface area contributed by atoms with Crippen molar-refractivity contribution in [2.24, 2.45) is 0 Å². The van der Waals surface area contributed by atoms with Crippen molar-refractivity contribution < 1.29 is 9.90 Å². The molecule has 0 radical (unpaired) electrons. The van der Waals surface area contributed by atoms with E-state index in [0.717, 1.165) is 5.56 Å². The van der Waals surface area contributed by atoms with Gasteiger partial charge in [-0.05, 0) is 42.4 Å². The third kappa shape index (κ3) is 4.74. The van der Waals surface area contributed by atoms with Crippen LogP contribution in [0.2, 0.25) is 0 Å². The first-order chi connectivity index (χ1) is 8.29. The highest BCUT2D eigenvalue weighted by molar-refractivity contribution is 5.87.